The normalized spacial score (nSPS) is 26.8. The van der Waals surface area contributed by atoms with Crippen LogP contribution in [0.25, 0.3) is 32.2 Å². The third kappa shape index (κ3) is 6.60. The maximum absolute atomic E-state index is 17.1. The SMILES string of the molecule is N#CCC1CN(c2nc(OC[C@@]34CCCN3C[C@H](F)C4)nc3c(F)c(-c4ccc(F)c5sc(N)nc45)c(Cl)cc23)CCN1C(=O)/C=C/CN1[C@@H]2CC[C@H]1COC2. The lowest BCUT2D eigenvalue weighted by Crippen LogP contribution is -2.55. The molecule has 0 spiro atoms. The van der Waals surface area contributed by atoms with Crippen molar-refractivity contribution >= 4 is 60.9 Å². The number of halogens is 4. The molecule has 5 saturated heterocycles. The van der Waals surface area contributed by atoms with Crippen LogP contribution in [0.4, 0.5) is 24.1 Å². The zero-order valence-electron chi connectivity index (χ0n) is 30.6. The molecule has 5 fully saturated rings. The fourth-order valence-corrected chi connectivity index (χ4v) is 10.6. The number of rotatable bonds is 9. The maximum atomic E-state index is 17.1. The van der Waals surface area contributed by atoms with E-state index in [0.717, 1.165) is 43.6 Å². The molecule has 5 atom stereocenters. The van der Waals surface area contributed by atoms with E-state index in [4.69, 9.17) is 31.8 Å². The third-order valence-corrected chi connectivity index (χ3v) is 13.4. The number of hydrogen-bond acceptors (Lipinski definition) is 12. The molecule has 17 heteroatoms. The van der Waals surface area contributed by atoms with Gasteiger partial charge >= 0.3 is 6.01 Å². The van der Waals surface area contributed by atoms with E-state index < -0.39 is 29.4 Å². The van der Waals surface area contributed by atoms with Crippen molar-refractivity contribution < 1.29 is 27.4 Å². The van der Waals surface area contributed by atoms with Crippen LogP contribution in [-0.4, -0.2) is 124 Å². The van der Waals surface area contributed by atoms with Gasteiger partial charge in [0.15, 0.2) is 10.9 Å². The highest BCUT2D eigenvalue weighted by Crippen LogP contribution is 2.44. The van der Waals surface area contributed by atoms with Crippen molar-refractivity contribution in [3.63, 3.8) is 0 Å². The number of anilines is 2. The van der Waals surface area contributed by atoms with Crippen LogP contribution in [0.1, 0.15) is 38.5 Å². The van der Waals surface area contributed by atoms with Crippen molar-refractivity contribution in [2.75, 3.05) is 69.7 Å². The Morgan fingerprint density at radius 2 is 1.96 bits per heavy atom. The van der Waals surface area contributed by atoms with Crippen LogP contribution in [0, 0.1) is 23.0 Å². The van der Waals surface area contributed by atoms with E-state index in [9.17, 15) is 18.8 Å². The molecule has 0 saturated carbocycles. The molecule has 9 rings (SSSR count). The van der Waals surface area contributed by atoms with Crippen LogP contribution in [0.3, 0.4) is 0 Å². The van der Waals surface area contributed by atoms with Crippen LogP contribution < -0.4 is 15.4 Å². The topological polar surface area (TPSA) is 137 Å². The van der Waals surface area contributed by atoms with Crippen LogP contribution in [0.5, 0.6) is 6.01 Å². The molecule has 294 valence electrons. The number of nitrogen functional groups attached to an aromatic ring is 1. The van der Waals surface area contributed by atoms with Gasteiger partial charge in [-0.25, -0.2) is 18.2 Å². The number of piperazine rings is 1. The van der Waals surface area contributed by atoms with Gasteiger partial charge in [-0.15, -0.1) is 0 Å². The highest BCUT2D eigenvalue weighted by Gasteiger charge is 2.49. The minimum absolute atomic E-state index is 0.0228. The molecular formula is C39H41ClF3N9O3S. The number of carbonyl (C=O) groups excluding carboxylic acids is 1. The van der Waals surface area contributed by atoms with E-state index in [-0.39, 0.29) is 75.0 Å². The minimum Gasteiger partial charge on any atom is -0.461 e. The lowest BCUT2D eigenvalue weighted by molar-refractivity contribution is -0.128. The second-order valence-electron chi connectivity index (χ2n) is 15.5. The molecule has 1 amide bonds. The smallest absolute Gasteiger partial charge is 0.319 e. The fraction of sp³-hybridized carbons (Fsp3) is 0.513. The zero-order valence-corrected chi connectivity index (χ0v) is 32.2. The summed E-state index contributed by atoms with van der Waals surface area (Å²) in [6.07, 6.45) is 6.76. The van der Waals surface area contributed by atoms with Gasteiger partial charge in [-0.3, -0.25) is 14.6 Å². The number of thiazole rings is 1. The first kappa shape index (κ1) is 37.3. The summed E-state index contributed by atoms with van der Waals surface area (Å²) >= 11 is 7.83. The van der Waals surface area contributed by atoms with Gasteiger partial charge in [0.1, 0.15) is 29.9 Å². The van der Waals surface area contributed by atoms with Crippen LogP contribution in [0.15, 0.2) is 30.4 Å². The van der Waals surface area contributed by atoms with Crippen LogP contribution >= 0.6 is 22.9 Å². The van der Waals surface area contributed by atoms with Gasteiger partial charge in [0.05, 0.1) is 52.5 Å². The van der Waals surface area contributed by atoms with Gasteiger partial charge in [-0.1, -0.05) is 29.0 Å². The Morgan fingerprint density at radius 3 is 2.77 bits per heavy atom. The molecule has 2 aromatic carbocycles. The number of hydrogen-bond donors (Lipinski definition) is 1. The standard InChI is InChI=1S/C39H41ClF3N9O3S/c40-28-15-27-33(32(43)31(28)26-6-7-29(42)35-34(26)46-37(45)56-35)47-38(55-21-39-9-2-11-50(39)17-22(41)16-39)48-36(27)49-13-14-52(23(18-49)8-10-44)30(53)3-1-12-51-24-4-5-25(51)20-54-19-24/h1,3,6-7,15,22-25H,2,4-5,8-9,11-14,16-21H2,(H2,45,46)/b3-1+/t22-,23?,24-,25+,39+/m1/s1. The average Bonchev–Trinajstić information content (AvgIpc) is 3.90. The van der Waals surface area contributed by atoms with Crippen molar-refractivity contribution in [3.8, 4) is 23.2 Å². The van der Waals surface area contributed by atoms with Gasteiger partial charge in [0.25, 0.3) is 0 Å². The Balaban J connectivity index is 1.05. The van der Waals surface area contributed by atoms with E-state index >= 15 is 4.39 Å². The molecule has 1 unspecified atom stereocenters. The van der Waals surface area contributed by atoms with E-state index in [1.807, 2.05) is 11.0 Å². The number of ether oxygens (including phenoxy) is 2. The molecule has 5 aliphatic rings. The van der Waals surface area contributed by atoms with Crippen molar-refractivity contribution in [1.82, 2.24) is 29.7 Å². The average molecular weight is 808 g/mol. The molecule has 4 aromatic rings. The molecule has 0 aliphatic carbocycles. The monoisotopic (exact) mass is 807 g/mol. The number of benzene rings is 2. The Morgan fingerprint density at radius 1 is 1.14 bits per heavy atom. The molecular weight excluding hydrogens is 767 g/mol. The number of nitrogens with zero attached hydrogens (tertiary/aromatic N) is 8. The Bertz CT molecular complexity index is 2260. The van der Waals surface area contributed by atoms with Gasteiger partial charge < -0.3 is 25.0 Å². The second kappa shape index (κ2) is 14.9. The number of amides is 1. The third-order valence-electron chi connectivity index (χ3n) is 12.2. The summed E-state index contributed by atoms with van der Waals surface area (Å²) in [4.78, 5) is 35.4. The van der Waals surface area contributed by atoms with Gasteiger partial charge in [0.2, 0.25) is 5.91 Å². The summed E-state index contributed by atoms with van der Waals surface area (Å²) in [7, 11) is 0. The number of carbonyl (C=O) groups is 1. The predicted octanol–water partition coefficient (Wildman–Crippen LogP) is 5.73. The number of nitrogens with two attached hydrogens (primary N) is 1. The van der Waals surface area contributed by atoms with Gasteiger partial charge in [-0.05, 0) is 50.4 Å². The highest BCUT2D eigenvalue weighted by atomic mass is 35.5. The number of morpholine rings is 1. The molecule has 7 heterocycles. The molecule has 2 N–H and O–H groups in total. The first-order valence-corrected chi connectivity index (χ1v) is 20.3. The Kier molecular flexibility index (Phi) is 9.94. The molecule has 2 aromatic heterocycles. The van der Waals surface area contributed by atoms with Crippen molar-refractivity contribution in [3.05, 3.63) is 47.0 Å². The summed E-state index contributed by atoms with van der Waals surface area (Å²) in [6.45, 7) is 4.12. The van der Waals surface area contributed by atoms with E-state index in [0.29, 0.717) is 62.6 Å². The summed E-state index contributed by atoms with van der Waals surface area (Å²) in [6, 6.07) is 6.58. The predicted molar refractivity (Wildman–Crippen MR) is 207 cm³/mol. The Labute approximate surface area is 330 Å². The summed E-state index contributed by atoms with van der Waals surface area (Å²) in [5.74, 6) is -1.19. The molecule has 12 nitrogen and oxygen atoms in total. The minimum atomic E-state index is -0.971. The number of alkyl halides is 1. The second-order valence-corrected chi connectivity index (χ2v) is 16.9. The maximum Gasteiger partial charge on any atom is 0.319 e. The summed E-state index contributed by atoms with van der Waals surface area (Å²) in [5.41, 5.74) is 5.74. The van der Waals surface area contributed by atoms with Gasteiger partial charge in [-0.2, -0.15) is 15.2 Å². The molecule has 2 bridgehead atoms. The van der Waals surface area contributed by atoms with Crippen molar-refractivity contribution in [1.29, 1.82) is 5.26 Å². The largest absolute Gasteiger partial charge is 0.461 e. The quantitative estimate of drug-likeness (QED) is 0.208. The molecule has 56 heavy (non-hydrogen) atoms. The fourth-order valence-electron chi connectivity index (χ4n) is 9.55. The van der Waals surface area contributed by atoms with E-state index in [1.165, 1.54) is 12.1 Å². The molecule has 5 aliphatic heterocycles. The highest BCUT2D eigenvalue weighted by molar-refractivity contribution is 7.22. The first-order chi connectivity index (χ1) is 27.1. The Hall–Kier alpha value is -4.27. The lowest BCUT2D eigenvalue weighted by Gasteiger charge is -2.41. The number of fused-ring (bicyclic) bond motifs is 5. The zero-order chi connectivity index (χ0) is 38.7. The van der Waals surface area contributed by atoms with Crippen LogP contribution in [-0.2, 0) is 9.53 Å². The number of aromatic nitrogens is 3. The van der Waals surface area contributed by atoms with Crippen molar-refractivity contribution in [2.45, 2.75) is 68.4 Å². The van der Waals surface area contributed by atoms with E-state index in [1.54, 1.807) is 17.0 Å². The number of nitriles is 1. The molecule has 0 radical (unpaired) electrons. The van der Waals surface area contributed by atoms with Crippen LogP contribution in [0.2, 0.25) is 5.02 Å². The van der Waals surface area contributed by atoms with E-state index in [2.05, 4.69) is 25.8 Å². The lowest BCUT2D eigenvalue weighted by atomic mass is 9.95. The van der Waals surface area contributed by atoms with Gasteiger partial charge in [0, 0.05) is 73.8 Å². The summed E-state index contributed by atoms with van der Waals surface area (Å²) < 4.78 is 58.7. The summed E-state index contributed by atoms with van der Waals surface area (Å²) in [5, 5.41) is 10.3. The van der Waals surface area contributed by atoms with Crippen molar-refractivity contribution in [2.24, 2.45) is 0 Å². The first-order valence-electron chi connectivity index (χ1n) is 19.1.